The number of fused-ring (bicyclic) bond motifs is 1. The highest BCUT2D eigenvalue weighted by Crippen LogP contribution is 2.26. The summed E-state index contributed by atoms with van der Waals surface area (Å²) in [6.07, 6.45) is 7.56. The molecule has 0 bridgehead atoms. The van der Waals surface area contributed by atoms with Crippen LogP contribution in [0.15, 0.2) is 44.5 Å². The van der Waals surface area contributed by atoms with Crippen LogP contribution in [0, 0.1) is 12.8 Å². The molecule has 1 fully saturated rings. The fraction of sp³-hybridized carbons (Fsp3) is 0.444. The van der Waals surface area contributed by atoms with Crippen LogP contribution in [-0.4, -0.2) is 46.8 Å². The van der Waals surface area contributed by atoms with Crippen LogP contribution in [0.4, 0.5) is 5.88 Å². The Kier molecular flexibility index (Phi) is 5.03. The normalized spacial score (nSPS) is 24.9. The second-order valence-electron chi connectivity index (χ2n) is 6.42. The van der Waals surface area contributed by atoms with Crippen LogP contribution in [0.3, 0.4) is 0 Å². The third kappa shape index (κ3) is 3.96. The molecule has 1 N–H and O–H groups in total. The summed E-state index contributed by atoms with van der Waals surface area (Å²) in [5.74, 6) is 1.44. The summed E-state index contributed by atoms with van der Waals surface area (Å²) in [4.78, 5) is 21.4. The first-order valence-electron chi connectivity index (χ1n) is 8.67. The number of aryl methyl sites for hydroxylation is 1. The number of thioether (sulfide) groups is 1. The van der Waals surface area contributed by atoms with E-state index in [0.717, 1.165) is 31.7 Å². The van der Waals surface area contributed by atoms with Gasteiger partial charge in [0, 0.05) is 24.5 Å². The molecule has 4 rings (SSSR count). The van der Waals surface area contributed by atoms with Gasteiger partial charge in [0.25, 0.3) is 5.88 Å². The summed E-state index contributed by atoms with van der Waals surface area (Å²) in [7, 11) is 0. The van der Waals surface area contributed by atoms with Gasteiger partial charge >= 0.3 is 0 Å². The topological polar surface area (TPSA) is 89.1 Å². The van der Waals surface area contributed by atoms with E-state index < -0.39 is 0 Å². The van der Waals surface area contributed by atoms with Gasteiger partial charge in [-0.3, -0.25) is 4.79 Å². The van der Waals surface area contributed by atoms with E-state index in [2.05, 4.69) is 20.5 Å². The molecule has 3 heterocycles. The number of hydrogen-bond acceptors (Lipinski definition) is 7. The number of allylic oxidation sites excluding steroid dienone is 2. The number of aromatic nitrogens is 1. The zero-order valence-electron chi connectivity index (χ0n) is 14.5. The fourth-order valence-electron chi connectivity index (χ4n) is 3.02. The molecule has 3 aliphatic rings. The number of amides is 1. The van der Waals surface area contributed by atoms with E-state index >= 15 is 0 Å². The third-order valence-electron chi connectivity index (χ3n) is 4.37. The Morgan fingerprint density at radius 3 is 3.00 bits per heavy atom. The van der Waals surface area contributed by atoms with Crippen molar-refractivity contribution in [3.8, 4) is 0 Å². The van der Waals surface area contributed by atoms with Crippen molar-refractivity contribution in [3.63, 3.8) is 0 Å². The van der Waals surface area contributed by atoms with E-state index in [1.165, 1.54) is 0 Å². The first kappa shape index (κ1) is 17.2. The van der Waals surface area contributed by atoms with E-state index in [1.54, 1.807) is 6.07 Å². The van der Waals surface area contributed by atoms with Crippen molar-refractivity contribution >= 4 is 35.1 Å². The molecule has 1 unspecified atom stereocenters. The van der Waals surface area contributed by atoms with Crippen molar-refractivity contribution in [1.29, 1.82) is 0 Å². The monoisotopic (exact) mass is 372 g/mol. The van der Waals surface area contributed by atoms with Gasteiger partial charge in [0.15, 0.2) is 0 Å². The van der Waals surface area contributed by atoms with E-state index in [-0.39, 0.29) is 11.8 Å². The van der Waals surface area contributed by atoms with Crippen LogP contribution in [0.25, 0.3) is 0 Å². The SMILES string of the molecule is Cc1cc(/N=C2\C=CC3C(=O)NC(CSC4CCOCC4)=NC3=C2)on1. The van der Waals surface area contributed by atoms with Crippen molar-refractivity contribution in [3.05, 3.63) is 35.7 Å². The number of nitrogens with zero attached hydrogens (tertiary/aromatic N) is 3. The van der Waals surface area contributed by atoms with Crippen molar-refractivity contribution in [1.82, 2.24) is 10.5 Å². The molecule has 1 amide bonds. The van der Waals surface area contributed by atoms with Gasteiger partial charge in [0.1, 0.15) is 5.84 Å². The molecule has 8 heteroatoms. The Morgan fingerprint density at radius 1 is 1.38 bits per heavy atom. The molecule has 1 aromatic heterocycles. The zero-order valence-corrected chi connectivity index (χ0v) is 15.3. The highest BCUT2D eigenvalue weighted by Gasteiger charge is 2.29. The smallest absolute Gasteiger partial charge is 0.251 e. The Balaban J connectivity index is 1.49. The predicted octanol–water partition coefficient (Wildman–Crippen LogP) is 2.57. The zero-order chi connectivity index (χ0) is 17.9. The number of amidine groups is 1. The van der Waals surface area contributed by atoms with Gasteiger partial charge in [-0.2, -0.15) is 11.8 Å². The molecule has 0 saturated carbocycles. The lowest BCUT2D eigenvalue weighted by molar-refractivity contribution is -0.121. The molecule has 0 spiro atoms. The number of carbonyl (C=O) groups is 1. The number of rotatable bonds is 4. The number of hydrogen-bond donors (Lipinski definition) is 1. The van der Waals surface area contributed by atoms with Gasteiger partial charge in [-0.1, -0.05) is 11.2 Å². The Morgan fingerprint density at radius 2 is 2.23 bits per heavy atom. The summed E-state index contributed by atoms with van der Waals surface area (Å²) in [6, 6.07) is 1.76. The first-order chi connectivity index (χ1) is 12.7. The maximum Gasteiger partial charge on any atom is 0.251 e. The van der Waals surface area contributed by atoms with Crippen molar-refractivity contribution in [2.24, 2.45) is 15.9 Å². The Bertz CT molecular complexity index is 818. The van der Waals surface area contributed by atoms with Crippen molar-refractivity contribution < 1.29 is 14.1 Å². The molecular formula is C18H20N4O3S. The predicted molar refractivity (Wildman–Crippen MR) is 101 cm³/mol. The molecule has 7 nitrogen and oxygen atoms in total. The van der Waals surface area contributed by atoms with E-state index in [9.17, 15) is 4.79 Å². The molecule has 136 valence electrons. The molecule has 1 saturated heterocycles. The summed E-state index contributed by atoms with van der Waals surface area (Å²) in [6.45, 7) is 3.47. The van der Waals surface area contributed by atoms with Crippen LogP contribution in [0.1, 0.15) is 18.5 Å². The standard InChI is InChI=1S/C18H20N4O3S/c1-11-8-17(25-22-11)19-12-2-3-14-15(9-12)20-16(21-18(14)23)10-26-13-4-6-24-7-5-13/h2-3,8-9,13-14H,4-7,10H2,1H3,(H,20,21,23)/b19-12+. The molecular weight excluding hydrogens is 352 g/mol. The van der Waals surface area contributed by atoms with Gasteiger partial charge in [-0.25, -0.2) is 9.98 Å². The summed E-state index contributed by atoms with van der Waals surface area (Å²) < 4.78 is 10.5. The maximum absolute atomic E-state index is 12.4. The summed E-state index contributed by atoms with van der Waals surface area (Å²) in [5, 5.41) is 7.31. The minimum absolute atomic E-state index is 0.0420. The molecule has 0 radical (unpaired) electrons. The van der Waals surface area contributed by atoms with Crippen LogP contribution >= 0.6 is 11.8 Å². The third-order valence-corrected chi connectivity index (χ3v) is 5.75. The average Bonchev–Trinajstić information content (AvgIpc) is 3.05. The van der Waals surface area contributed by atoms with Gasteiger partial charge in [0.2, 0.25) is 5.91 Å². The van der Waals surface area contributed by atoms with E-state index in [4.69, 9.17) is 9.26 Å². The van der Waals surface area contributed by atoms with Crippen LogP contribution in [0.2, 0.25) is 0 Å². The Hall–Kier alpha value is -2.19. The lowest BCUT2D eigenvalue weighted by atomic mass is 9.96. The molecule has 1 atom stereocenters. The van der Waals surface area contributed by atoms with E-state index in [1.807, 2.05) is 36.9 Å². The van der Waals surface area contributed by atoms with Crippen molar-refractivity contribution in [2.45, 2.75) is 25.0 Å². The van der Waals surface area contributed by atoms with Gasteiger partial charge in [-0.05, 0) is 31.9 Å². The van der Waals surface area contributed by atoms with Crippen LogP contribution < -0.4 is 5.32 Å². The van der Waals surface area contributed by atoms with Crippen LogP contribution in [0.5, 0.6) is 0 Å². The molecule has 26 heavy (non-hydrogen) atoms. The number of aliphatic imine (C=N–C) groups is 2. The van der Waals surface area contributed by atoms with E-state index in [0.29, 0.717) is 34.1 Å². The van der Waals surface area contributed by atoms with Gasteiger partial charge < -0.3 is 14.6 Å². The molecule has 2 aliphatic heterocycles. The summed E-state index contributed by atoms with van der Waals surface area (Å²) >= 11 is 1.83. The maximum atomic E-state index is 12.4. The highest BCUT2D eigenvalue weighted by molar-refractivity contribution is 8.00. The summed E-state index contributed by atoms with van der Waals surface area (Å²) in [5.41, 5.74) is 2.19. The Labute approximate surface area is 155 Å². The number of nitrogens with one attached hydrogen (secondary N) is 1. The second-order valence-corrected chi connectivity index (χ2v) is 7.71. The fourth-order valence-corrected chi connectivity index (χ4v) is 4.07. The molecule has 0 aromatic carbocycles. The quantitative estimate of drug-likeness (QED) is 0.877. The minimum atomic E-state index is -0.359. The first-order valence-corrected chi connectivity index (χ1v) is 9.72. The van der Waals surface area contributed by atoms with Crippen molar-refractivity contribution in [2.75, 3.05) is 19.0 Å². The second kappa shape index (κ2) is 7.59. The lowest BCUT2D eigenvalue weighted by Crippen LogP contribution is -2.42. The average molecular weight is 372 g/mol. The van der Waals surface area contributed by atoms with Gasteiger partial charge in [0.05, 0.1) is 28.8 Å². The number of carbonyl (C=O) groups excluding carboxylic acids is 1. The number of ether oxygens (including phenoxy) is 1. The highest BCUT2D eigenvalue weighted by atomic mass is 32.2. The van der Waals surface area contributed by atoms with Crippen LogP contribution in [-0.2, 0) is 9.53 Å². The lowest BCUT2D eigenvalue weighted by Gasteiger charge is -2.25. The van der Waals surface area contributed by atoms with Gasteiger partial charge in [-0.15, -0.1) is 0 Å². The molecule has 1 aromatic rings. The largest absolute Gasteiger partial charge is 0.381 e. The molecule has 1 aliphatic carbocycles. The minimum Gasteiger partial charge on any atom is -0.381 e.